The average Bonchev–Trinajstić information content (AvgIpc) is 2.43. The number of ketones is 1. The molecule has 6 heteroatoms. The molecule has 0 fully saturated rings. The van der Waals surface area contributed by atoms with Crippen LogP contribution in [-0.2, 0) is 9.59 Å². The van der Waals surface area contributed by atoms with Gasteiger partial charge < -0.3 is 10.2 Å². The van der Waals surface area contributed by atoms with Gasteiger partial charge in [-0.05, 0) is 13.0 Å². The number of aliphatic hydroxyl groups is 1. The molecule has 0 amide bonds. The summed E-state index contributed by atoms with van der Waals surface area (Å²) in [5.74, 6) is -2.27. The second-order valence-corrected chi connectivity index (χ2v) is 3.87. The van der Waals surface area contributed by atoms with Crippen LogP contribution in [0.5, 0.6) is 0 Å². The maximum Gasteiger partial charge on any atom is 0.342 e. The van der Waals surface area contributed by atoms with Gasteiger partial charge in [0.1, 0.15) is 5.38 Å². The van der Waals surface area contributed by atoms with Gasteiger partial charge in [0.15, 0.2) is 5.78 Å². The molecule has 0 spiro atoms. The van der Waals surface area contributed by atoms with E-state index in [2.05, 4.69) is 0 Å². The van der Waals surface area contributed by atoms with Crippen LogP contribution in [0.1, 0.15) is 6.92 Å². The number of hydrogen-bond donors (Lipinski definition) is 2. The van der Waals surface area contributed by atoms with Crippen LogP contribution in [0.25, 0.3) is 0 Å². The predicted molar refractivity (Wildman–Crippen MR) is 54.9 cm³/mol. The number of carbonyl (C=O) groups excluding carboxylic acids is 1. The van der Waals surface area contributed by atoms with Crippen LogP contribution in [0.2, 0.25) is 0 Å². The largest absolute Gasteiger partial charge is 0.479 e. The number of carbonyl (C=O) groups is 2. The van der Waals surface area contributed by atoms with E-state index in [0.29, 0.717) is 0 Å². The van der Waals surface area contributed by atoms with Crippen LogP contribution in [-0.4, -0.2) is 32.9 Å². The van der Waals surface area contributed by atoms with Gasteiger partial charge in [0, 0.05) is 10.6 Å². The lowest BCUT2D eigenvalue weighted by Crippen LogP contribution is -2.47. The van der Waals surface area contributed by atoms with E-state index in [-0.39, 0.29) is 10.6 Å². The van der Waals surface area contributed by atoms with E-state index in [4.69, 9.17) is 28.3 Å². The number of carboxylic acids is 1. The molecule has 82 valence electrons. The fourth-order valence-electron chi connectivity index (χ4n) is 1.30. The van der Waals surface area contributed by atoms with E-state index in [1.165, 1.54) is 6.08 Å². The quantitative estimate of drug-likeness (QED) is 0.719. The van der Waals surface area contributed by atoms with E-state index in [1.807, 2.05) is 0 Å². The minimum absolute atomic E-state index is 0.00333. The molecule has 4 nitrogen and oxygen atoms in total. The van der Waals surface area contributed by atoms with Gasteiger partial charge in [0.2, 0.25) is 5.60 Å². The molecular formula is C9H8Cl2O4. The van der Waals surface area contributed by atoms with Gasteiger partial charge in [0.25, 0.3) is 0 Å². The number of alkyl halides is 1. The Labute approximate surface area is 95.8 Å². The molecule has 0 aromatic heterocycles. The van der Waals surface area contributed by atoms with Crippen LogP contribution in [0.3, 0.4) is 0 Å². The predicted octanol–water partition coefficient (Wildman–Crippen LogP) is 1.06. The highest BCUT2D eigenvalue weighted by Gasteiger charge is 2.54. The molecule has 0 aromatic carbocycles. The highest BCUT2D eigenvalue weighted by Crippen LogP contribution is 2.38. The third kappa shape index (κ3) is 1.69. The summed E-state index contributed by atoms with van der Waals surface area (Å²) in [6.45, 7) is 1.55. The summed E-state index contributed by atoms with van der Waals surface area (Å²) in [6.07, 6.45) is 2.33. The van der Waals surface area contributed by atoms with Crippen LogP contribution in [0.15, 0.2) is 22.8 Å². The Balaban J connectivity index is 3.32. The molecular weight excluding hydrogens is 243 g/mol. The molecule has 1 rings (SSSR count). The summed E-state index contributed by atoms with van der Waals surface area (Å²) in [6, 6.07) is 0. The molecule has 2 N–H and O–H groups in total. The minimum Gasteiger partial charge on any atom is -0.479 e. The average molecular weight is 251 g/mol. The van der Waals surface area contributed by atoms with Crippen molar-refractivity contribution in [2.45, 2.75) is 17.9 Å². The summed E-state index contributed by atoms with van der Waals surface area (Å²) in [4.78, 5) is 22.1. The zero-order chi connectivity index (χ0) is 11.8. The smallest absolute Gasteiger partial charge is 0.342 e. The van der Waals surface area contributed by atoms with Crippen molar-refractivity contribution >= 4 is 35.0 Å². The summed E-state index contributed by atoms with van der Waals surface area (Å²) in [5.41, 5.74) is -2.62. The first kappa shape index (κ1) is 12.2. The van der Waals surface area contributed by atoms with E-state index < -0.39 is 22.7 Å². The molecule has 1 aliphatic carbocycles. The standard InChI is InChI=1S/C9H8Cl2O4/c1-2-5(10)4-3-6(12)7(11)9(4,15)8(13)14/h2-3,7,15H,1H3,(H,13,14)/b5-2-/t7-,9-/m1/s1. The summed E-state index contributed by atoms with van der Waals surface area (Å²) in [5, 5.41) is 17.1. The first-order valence-electron chi connectivity index (χ1n) is 4.03. The molecule has 0 aliphatic heterocycles. The molecule has 0 bridgehead atoms. The Morgan fingerprint density at radius 1 is 1.67 bits per heavy atom. The first-order valence-corrected chi connectivity index (χ1v) is 4.85. The van der Waals surface area contributed by atoms with Crippen molar-refractivity contribution < 1.29 is 19.8 Å². The SMILES string of the molecule is C/C=C(\Cl)C1=CC(=O)[C@@H](Cl)[C@@]1(O)C(=O)O. The first-order chi connectivity index (χ1) is 6.85. The topological polar surface area (TPSA) is 74.6 Å². The number of carboxylic acid groups (broad SMARTS) is 1. The normalized spacial score (nSPS) is 31.7. The number of halogens is 2. The monoisotopic (exact) mass is 250 g/mol. The Hall–Kier alpha value is -0.840. The highest BCUT2D eigenvalue weighted by molar-refractivity contribution is 6.40. The molecule has 0 aromatic rings. The van der Waals surface area contributed by atoms with Crippen LogP contribution in [0.4, 0.5) is 0 Å². The zero-order valence-corrected chi connectivity index (χ0v) is 9.21. The van der Waals surface area contributed by atoms with Gasteiger partial charge in [-0.1, -0.05) is 17.7 Å². The van der Waals surface area contributed by atoms with Gasteiger partial charge in [0.05, 0.1) is 0 Å². The van der Waals surface area contributed by atoms with Crippen molar-refractivity contribution in [1.29, 1.82) is 0 Å². The van der Waals surface area contributed by atoms with Crippen molar-refractivity contribution in [2.75, 3.05) is 0 Å². The Kier molecular flexibility index (Phi) is 3.23. The number of rotatable bonds is 2. The molecule has 2 atom stereocenters. The fraction of sp³-hybridized carbons (Fsp3) is 0.333. The third-order valence-electron chi connectivity index (χ3n) is 2.15. The van der Waals surface area contributed by atoms with E-state index in [0.717, 1.165) is 6.08 Å². The lowest BCUT2D eigenvalue weighted by molar-refractivity contribution is -0.154. The molecule has 0 saturated carbocycles. The van der Waals surface area contributed by atoms with Crippen LogP contribution < -0.4 is 0 Å². The van der Waals surface area contributed by atoms with E-state index >= 15 is 0 Å². The van der Waals surface area contributed by atoms with Gasteiger partial charge in [-0.2, -0.15) is 0 Å². The molecule has 1 aliphatic rings. The minimum atomic E-state index is -2.44. The Bertz CT molecular complexity index is 386. The number of hydrogen-bond acceptors (Lipinski definition) is 3. The van der Waals surface area contributed by atoms with Crippen molar-refractivity contribution in [3.05, 3.63) is 22.8 Å². The van der Waals surface area contributed by atoms with Gasteiger partial charge in [-0.15, -0.1) is 11.6 Å². The Morgan fingerprint density at radius 2 is 2.20 bits per heavy atom. The number of aliphatic carboxylic acids is 1. The molecule has 0 heterocycles. The highest BCUT2D eigenvalue weighted by atomic mass is 35.5. The Morgan fingerprint density at radius 3 is 2.60 bits per heavy atom. The summed E-state index contributed by atoms with van der Waals surface area (Å²) in [7, 11) is 0. The molecule has 0 unspecified atom stereocenters. The van der Waals surface area contributed by atoms with Crippen LogP contribution in [0, 0.1) is 0 Å². The van der Waals surface area contributed by atoms with E-state index in [9.17, 15) is 14.7 Å². The fourth-order valence-corrected chi connectivity index (χ4v) is 1.77. The maximum absolute atomic E-state index is 11.2. The number of allylic oxidation sites excluding steroid dienone is 2. The second kappa shape index (κ2) is 3.96. The van der Waals surface area contributed by atoms with Gasteiger partial charge >= 0.3 is 5.97 Å². The second-order valence-electron chi connectivity index (χ2n) is 3.03. The van der Waals surface area contributed by atoms with E-state index in [1.54, 1.807) is 6.92 Å². The summed E-state index contributed by atoms with van der Waals surface area (Å²) < 4.78 is 0. The van der Waals surface area contributed by atoms with Crippen LogP contribution >= 0.6 is 23.2 Å². The molecule has 0 radical (unpaired) electrons. The lowest BCUT2D eigenvalue weighted by atomic mass is 9.95. The van der Waals surface area contributed by atoms with Crippen molar-refractivity contribution in [1.82, 2.24) is 0 Å². The van der Waals surface area contributed by atoms with Gasteiger partial charge in [-0.25, -0.2) is 4.79 Å². The zero-order valence-electron chi connectivity index (χ0n) is 7.70. The van der Waals surface area contributed by atoms with Crippen molar-refractivity contribution in [3.8, 4) is 0 Å². The maximum atomic E-state index is 11.2. The molecule has 0 saturated heterocycles. The lowest BCUT2D eigenvalue weighted by Gasteiger charge is -2.23. The third-order valence-corrected chi connectivity index (χ3v) is 3.10. The summed E-state index contributed by atoms with van der Waals surface area (Å²) >= 11 is 11.2. The van der Waals surface area contributed by atoms with Crippen molar-refractivity contribution in [2.24, 2.45) is 0 Å². The van der Waals surface area contributed by atoms with Crippen molar-refractivity contribution in [3.63, 3.8) is 0 Å². The van der Waals surface area contributed by atoms with Gasteiger partial charge in [-0.3, -0.25) is 4.79 Å². The molecule has 15 heavy (non-hydrogen) atoms.